The predicted molar refractivity (Wildman–Crippen MR) is 111 cm³/mol. The lowest BCUT2D eigenvalue weighted by atomic mass is 9.97. The second-order valence-electron chi connectivity index (χ2n) is 6.97. The van der Waals surface area contributed by atoms with Crippen molar-refractivity contribution in [1.29, 1.82) is 0 Å². The molecular formula is C21H23N3O2S. The minimum absolute atomic E-state index is 0.0270. The lowest BCUT2D eigenvalue weighted by molar-refractivity contribution is -0.120. The van der Waals surface area contributed by atoms with Gasteiger partial charge in [0.1, 0.15) is 5.75 Å². The van der Waals surface area contributed by atoms with E-state index in [0.29, 0.717) is 6.54 Å². The summed E-state index contributed by atoms with van der Waals surface area (Å²) in [5.41, 5.74) is 2.98. The van der Waals surface area contributed by atoms with Gasteiger partial charge in [-0.3, -0.25) is 4.79 Å². The van der Waals surface area contributed by atoms with E-state index in [1.54, 1.807) is 18.4 Å². The van der Waals surface area contributed by atoms with E-state index in [0.717, 1.165) is 51.7 Å². The van der Waals surface area contributed by atoms with Crippen LogP contribution in [0.2, 0.25) is 0 Å². The van der Waals surface area contributed by atoms with Gasteiger partial charge < -0.3 is 15.0 Å². The first-order valence-electron chi connectivity index (χ1n) is 9.19. The van der Waals surface area contributed by atoms with Crippen molar-refractivity contribution in [1.82, 2.24) is 4.98 Å². The summed E-state index contributed by atoms with van der Waals surface area (Å²) < 4.78 is 6.41. The maximum absolute atomic E-state index is 12.7. The van der Waals surface area contributed by atoms with Crippen LogP contribution >= 0.6 is 11.3 Å². The van der Waals surface area contributed by atoms with Crippen LogP contribution in [0.15, 0.2) is 42.5 Å². The first kappa shape index (κ1) is 17.8. The number of nitrogens with zero attached hydrogens (tertiary/aromatic N) is 2. The Labute approximate surface area is 163 Å². The molecule has 2 aromatic carbocycles. The fraction of sp³-hybridized carbons (Fsp3) is 0.333. The summed E-state index contributed by atoms with van der Waals surface area (Å²) in [5.74, 6) is 0.903. The van der Waals surface area contributed by atoms with Crippen molar-refractivity contribution < 1.29 is 9.53 Å². The van der Waals surface area contributed by atoms with Gasteiger partial charge in [-0.25, -0.2) is 4.98 Å². The molecule has 1 N–H and O–H groups in total. The molecule has 0 spiro atoms. The number of benzene rings is 2. The average Bonchev–Trinajstić information content (AvgIpc) is 3.11. The summed E-state index contributed by atoms with van der Waals surface area (Å²) in [7, 11) is 1.67. The van der Waals surface area contributed by atoms with Crippen molar-refractivity contribution in [2.45, 2.75) is 19.8 Å². The Morgan fingerprint density at radius 3 is 3.00 bits per heavy atom. The van der Waals surface area contributed by atoms with Gasteiger partial charge in [-0.2, -0.15) is 0 Å². The number of amides is 1. The number of thiazole rings is 1. The fourth-order valence-electron chi connectivity index (χ4n) is 3.49. The molecule has 1 saturated heterocycles. The molecule has 1 aromatic heterocycles. The molecule has 1 unspecified atom stereocenters. The number of carbonyl (C=O) groups excluding carboxylic acids is 1. The Morgan fingerprint density at radius 1 is 1.30 bits per heavy atom. The van der Waals surface area contributed by atoms with E-state index in [2.05, 4.69) is 10.2 Å². The molecule has 27 heavy (non-hydrogen) atoms. The molecule has 1 atom stereocenters. The molecule has 6 heteroatoms. The van der Waals surface area contributed by atoms with Gasteiger partial charge in [0.2, 0.25) is 5.91 Å². The highest BCUT2D eigenvalue weighted by molar-refractivity contribution is 7.22. The summed E-state index contributed by atoms with van der Waals surface area (Å²) >= 11 is 1.66. The van der Waals surface area contributed by atoms with Crippen LogP contribution in [0.5, 0.6) is 5.75 Å². The minimum atomic E-state index is -0.0270. The van der Waals surface area contributed by atoms with Crippen molar-refractivity contribution in [2.75, 3.05) is 30.4 Å². The van der Waals surface area contributed by atoms with Gasteiger partial charge in [0.15, 0.2) is 5.13 Å². The zero-order valence-corrected chi connectivity index (χ0v) is 16.4. The number of nitrogens with one attached hydrogen (secondary N) is 1. The van der Waals surface area contributed by atoms with Crippen LogP contribution in [0.1, 0.15) is 18.4 Å². The second kappa shape index (κ2) is 7.56. The maximum atomic E-state index is 12.7. The zero-order chi connectivity index (χ0) is 18.8. The number of carbonyl (C=O) groups is 1. The highest BCUT2D eigenvalue weighted by Crippen LogP contribution is 2.33. The number of piperidine rings is 1. The lowest BCUT2D eigenvalue weighted by Gasteiger charge is -2.31. The van der Waals surface area contributed by atoms with Crippen LogP contribution in [0.25, 0.3) is 10.2 Å². The van der Waals surface area contributed by atoms with Gasteiger partial charge in [-0.05, 0) is 55.7 Å². The third kappa shape index (κ3) is 3.90. The highest BCUT2D eigenvalue weighted by atomic mass is 32.1. The molecule has 1 fully saturated rings. The third-order valence-corrected chi connectivity index (χ3v) is 6.01. The van der Waals surface area contributed by atoms with E-state index in [9.17, 15) is 4.79 Å². The number of aromatic nitrogens is 1. The molecule has 0 radical (unpaired) electrons. The fourth-order valence-corrected chi connectivity index (χ4v) is 4.52. The largest absolute Gasteiger partial charge is 0.497 e. The van der Waals surface area contributed by atoms with Gasteiger partial charge in [0.05, 0.1) is 23.2 Å². The topological polar surface area (TPSA) is 54.5 Å². The normalized spacial score (nSPS) is 17.1. The Hall–Kier alpha value is -2.60. The SMILES string of the molecule is COc1ccc2nc(N3CCCC(C(=O)Nc4cccc(C)c4)C3)sc2c1. The molecule has 0 saturated carbocycles. The number of hydrogen-bond donors (Lipinski definition) is 1. The monoisotopic (exact) mass is 381 g/mol. The van der Waals surface area contributed by atoms with Crippen LogP contribution in [0.3, 0.4) is 0 Å². The number of aryl methyl sites for hydroxylation is 1. The second-order valence-corrected chi connectivity index (χ2v) is 7.98. The summed E-state index contributed by atoms with van der Waals surface area (Å²) in [4.78, 5) is 19.7. The molecule has 0 bridgehead atoms. The maximum Gasteiger partial charge on any atom is 0.229 e. The van der Waals surface area contributed by atoms with E-state index in [1.807, 2.05) is 49.4 Å². The standard InChI is InChI=1S/C21H23N3O2S/c1-14-5-3-7-16(11-14)22-20(25)15-6-4-10-24(13-15)21-23-18-9-8-17(26-2)12-19(18)27-21/h3,5,7-9,11-12,15H,4,6,10,13H2,1-2H3,(H,22,25). The van der Waals surface area contributed by atoms with Gasteiger partial charge in [-0.1, -0.05) is 23.5 Å². The highest BCUT2D eigenvalue weighted by Gasteiger charge is 2.27. The predicted octanol–water partition coefficient (Wildman–Crippen LogP) is 4.47. The summed E-state index contributed by atoms with van der Waals surface area (Å²) in [5, 5.41) is 4.05. The Morgan fingerprint density at radius 2 is 2.19 bits per heavy atom. The van der Waals surface area contributed by atoms with E-state index < -0.39 is 0 Å². The number of anilines is 2. The molecule has 2 heterocycles. The number of fused-ring (bicyclic) bond motifs is 1. The number of rotatable bonds is 4. The van der Waals surface area contributed by atoms with Gasteiger partial charge in [0, 0.05) is 18.8 Å². The summed E-state index contributed by atoms with van der Waals surface area (Å²) in [6, 6.07) is 13.9. The molecule has 3 aromatic rings. The molecule has 140 valence electrons. The third-order valence-electron chi connectivity index (χ3n) is 4.93. The molecule has 0 aliphatic carbocycles. The molecule has 4 rings (SSSR count). The van der Waals surface area contributed by atoms with E-state index in [4.69, 9.17) is 9.72 Å². The number of hydrogen-bond acceptors (Lipinski definition) is 5. The molecule has 1 aliphatic rings. The van der Waals surface area contributed by atoms with Crippen molar-refractivity contribution >= 4 is 38.3 Å². The lowest BCUT2D eigenvalue weighted by Crippen LogP contribution is -2.40. The van der Waals surface area contributed by atoms with Crippen LogP contribution < -0.4 is 15.0 Å². The Balaban J connectivity index is 1.48. The Kier molecular flexibility index (Phi) is 4.99. The minimum Gasteiger partial charge on any atom is -0.497 e. The van der Waals surface area contributed by atoms with Gasteiger partial charge in [0.25, 0.3) is 0 Å². The first-order valence-corrected chi connectivity index (χ1v) is 10.0. The average molecular weight is 382 g/mol. The van der Waals surface area contributed by atoms with Crippen LogP contribution in [-0.2, 0) is 4.79 Å². The summed E-state index contributed by atoms with van der Waals surface area (Å²) in [6.07, 6.45) is 1.90. The van der Waals surface area contributed by atoms with Crippen molar-refractivity contribution in [3.8, 4) is 5.75 Å². The molecule has 1 amide bonds. The van der Waals surface area contributed by atoms with E-state index >= 15 is 0 Å². The Bertz CT molecular complexity index is 969. The van der Waals surface area contributed by atoms with Gasteiger partial charge >= 0.3 is 0 Å². The van der Waals surface area contributed by atoms with E-state index in [-0.39, 0.29) is 11.8 Å². The van der Waals surface area contributed by atoms with Crippen molar-refractivity contribution in [3.05, 3.63) is 48.0 Å². The van der Waals surface area contributed by atoms with Gasteiger partial charge in [-0.15, -0.1) is 0 Å². The smallest absolute Gasteiger partial charge is 0.229 e. The van der Waals surface area contributed by atoms with Crippen LogP contribution in [0, 0.1) is 12.8 Å². The molecular weight excluding hydrogens is 358 g/mol. The molecule has 1 aliphatic heterocycles. The quantitative estimate of drug-likeness (QED) is 0.724. The summed E-state index contributed by atoms with van der Waals surface area (Å²) in [6.45, 7) is 3.67. The first-order chi connectivity index (χ1) is 13.1. The van der Waals surface area contributed by atoms with Crippen LogP contribution in [-0.4, -0.2) is 31.1 Å². The van der Waals surface area contributed by atoms with Crippen molar-refractivity contribution in [3.63, 3.8) is 0 Å². The zero-order valence-electron chi connectivity index (χ0n) is 15.6. The van der Waals surface area contributed by atoms with Crippen LogP contribution in [0.4, 0.5) is 10.8 Å². The molecule has 5 nitrogen and oxygen atoms in total. The van der Waals surface area contributed by atoms with Crippen molar-refractivity contribution in [2.24, 2.45) is 5.92 Å². The van der Waals surface area contributed by atoms with E-state index in [1.165, 1.54) is 0 Å². The number of ether oxygens (including phenoxy) is 1. The number of methoxy groups -OCH3 is 1.